The number of nitrogens with two attached hydrogens (primary N) is 1. The SMILES string of the molecule is CCC(CN)OCCC1CCCN1C. The van der Waals surface area contributed by atoms with Crippen LogP contribution in [0.2, 0.25) is 0 Å². The molecular weight excluding hydrogens is 176 g/mol. The Morgan fingerprint density at radius 1 is 1.57 bits per heavy atom. The predicted molar refractivity (Wildman–Crippen MR) is 59.4 cm³/mol. The standard InChI is InChI=1S/C11H24N2O/c1-3-11(9-12)14-8-6-10-5-4-7-13(10)2/h10-11H,3-9,12H2,1-2H3. The van der Waals surface area contributed by atoms with Crippen molar-refractivity contribution in [3.8, 4) is 0 Å². The fourth-order valence-electron chi connectivity index (χ4n) is 2.07. The maximum Gasteiger partial charge on any atom is 0.0694 e. The lowest BCUT2D eigenvalue weighted by atomic mass is 10.1. The summed E-state index contributed by atoms with van der Waals surface area (Å²) in [6, 6.07) is 0.741. The van der Waals surface area contributed by atoms with Gasteiger partial charge in [0.25, 0.3) is 0 Å². The Kier molecular flexibility index (Phi) is 5.45. The Morgan fingerprint density at radius 2 is 2.36 bits per heavy atom. The summed E-state index contributed by atoms with van der Waals surface area (Å²) >= 11 is 0. The molecule has 1 aliphatic heterocycles. The maximum absolute atomic E-state index is 5.70. The summed E-state index contributed by atoms with van der Waals surface area (Å²) in [7, 11) is 2.21. The first-order chi connectivity index (χ1) is 6.77. The molecule has 0 aromatic rings. The van der Waals surface area contributed by atoms with Crippen molar-refractivity contribution >= 4 is 0 Å². The molecule has 2 N–H and O–H groups in total. The summed E-state index contributed by atoms with van der Waals surface area (Å²) in [6.07, 6.45) is 5.13. The highest BCUT2D eigenvalue weighted by Crippen LogP contribution is 2.17. The lowest BCUT2D eigenvalue weighted by Gasteiger charge is -2.20. The van der Waals surface area contributed by atoms with E-state index in [1.165, 1.54) is 19.4 Å². The van der Waals surface area contributed by atoms with E-state index in [1.54, 1.807) is 0 Å². The quantitative estimate of drug-likeness (QED) is 0.701. The lowest BCUT2D eigenvalue weighted by Crippen LogP contribution is -2.28. The van der Waals surface area contributed by atoms with Crippen LogP contribution in [-0.4, -0.2) is 43.8 Å². The zero-order valence-corrected chi connectivity index (χ0v) is 9.54. The maximum atomic E-state index is 5.70. The summed E-state index contributed by atoms with van der Waals surface area (Å²) in [5.41, 5.74) is 5.57. The van der Waals surface area contributed by atoms with E-state index in [-0.39, 0.29) is 6.10 Å². The van der Waals surface area contributed by atoms with Crippen molar-refractivity contribution < 1.29 is 4.74 Å². The van der Waals surface area contributed by atoms with Gasteiger partial charge in [-0.2, -0.15) is 0 Å². The first-order valence-corrected chi connectivity index (χ1v) is 5.79. The minimum Gasteiger partial charge on any atom is -0.377 e. The fourth-order valence-corrected chi connectivity index (χ4v) is 2.07. The zero-order chi connectivity index (χ0) is 10.4. The number of hydrogen-bond acceptors (Lipinski definition) is 3. The smallest absolute Gasteiger partial charge is 0.0694 e. The van der Waals surface area contributed by atoms with E-state index in [9.17, 15) is 0 Å². The van der Waals surface area contributed by atoms with E-state index in [4.69, 9.17) is 10.5 Å². The van der Waals surface area contributed by atoms with Gasteiger partial charge < -0.3 is 15.4 Å². The molecule has 1 fully saturated rings. The molecule has 3 heteroatoms. The Balaban J connectivity index is 2.08. The molecule has 0 aliphatic carbocycles. The highest BCUT2D eigenvalue weighted by atomic mass is 16.5. The molecule has 1 saturated heterocycles. The van der Waals surface area contributed by atoms with Gasteiger partial charge in [0.2, 0.25) is 0 Å². The number of nitrogens with zero attached hydrogens (tertiary/aromatic N) is 1. The van der Waals surface area contributed by atoms with Crippen LogP contribution in [0.5, 0.6) is 0 Å². The fraction of sp³-hybridized carbons (Fsp3) is 1.00. The molecule has 1 heterocycles. The highest BCUT2D eigenvalue weighted by molar-refractivity contribution is 4.75. The van der Waals surface area contributed by atoms with E-state index < -0.39 is 0 Å². The molecule has 14 heavy (non-hydrogen) atoms. The Hall–Kier alpha value is -0.120. The van der Waals surface area contributed by atoms with E-state index in [1.807, 2.05) is 0 Å². The summed E-state index contributed by atoms with van der Waals surface area (Å²) in [5, 5.41) is 0. The first-order valence-electron chi connectivity index (χ1n) is 5.79. The molecule has 2 atom stereocenters. The molecule has 84 valence electrons. The lowest BCUT2D eigenvalue weighted by molar-refractivity contribution is 0.0454. The second kappa shape index (κ2) is 6.38. The van der Waals surface area contributed by atoms with Crippen molar-refractivity contribution in [3.63, 3.8) is 0 Å². The van der Waals surface area contributed by atoms with Crippen LogP contribution in [0.3, 0.4) is 0 Å². The van der Waals surface area contributed by atoms with Gasteiger partial charge in [0.05, 0.1) is 6.10 Å². The van der Waals surface area contributed by atoms with Crippen molar-refractivity contribution in [3.05, 3.63) is 0 Å². The summed E-state index contributed by atoms with van der Waals surface area (Å²) in [6.45, 7) is 4.89. The summed E-state index contributed by atoms with van der Waals surface area (Å²) in [4.78, 5) is 2.44. The molecule has 0 bridgehead atoms. The van der Waals surface area contributed by atoms with Crippen LogP contribution in [0.1, 0.15) is 32.6 Å². The molecule has 0 spiro atoms. The predicted octanol–water partition coefficient (Wildman–Crippen LogP) is 1.22. The second-order valence-corrected chi connectivity index (χ2v) is 4.20. The van der Waals surface area contributed by atoms with Crippen LogP contribution in [0.15, 0.2) is 0 Å². The van der Waals surface area contributed by atoms with Crippen molar-refractivity contribution in [2.24, 2.45) is 5.73 Å². The van der Waals surface area contributed by atoms with Gasteiger partial charge in [-0.1, -0.05) is 6.92 Å². The third-order valence-electron chi connectivity index (χ3n) is 3.19. The average Bonchev–Trinajstić information content (AvgIpc) is 2.59. The van der Waals surface area contributed by atoms with E-state index >= 15 is 0 Å². The molecule has 1 rings (SSSR count). The van der Waals surface area contributed by atoms with Gasteiger partial charge >= 0.3 is 0 Å². The monoisotopic (exact) mass is 200 g/mol. The van der Waals surface area contributed by atoms with Crippen LogP contribution >= 0.6 is 0 Å². The molecule has 0 saturated carbocycles. The number of hydrogen-bond donors (Lipinski definition) is 1. The molecule has 2 unspecified atom stereocenters. The van der Waals surface area contributed by atoms with Crippen LogP contribution < -0.4 is 5.73 Å². The number of rotatable bonds is 6. The highest BCUT2D eigenvalue weighted by Gasteiger charge is 2.20. The number of ether oxygens (including phenoxy) is 1. The van der Waals surface area contributed by atoms with E-state index in [0.717, 1.165) is 25.5 Å². The molecule has 1 aliphatic rings. The van der Waals surface area contributed by atoms with Gasteiger partial charge in [-0.3, -0.25) is 0 Å². The van der Waals surface area contributed by atoms with Gasteiger partial charge in [0.15, 0.2) is 0 Å². The normalized spacial score (nSPS) is 25.5. The van der Waals surface area contributed by atoms with Gasteiger partial charge in [-0.25, -0.2) is 0 Å². The van der Waals surface area contributed by atoms with Crippen molar-refractivity contribution in [2.75, 3.05) is 26.7 Å². The summed E-state index contributed by atoms with van der Waals surface area (Å²) in [5.74, 6) is 0. The largest absolute Gasteiger partial charge is 0.377 e. The molecule has 0 aromatic heterocycles. The molecular formula is C11H24N2O. The van der Waals surface area contributed by atoms with Crippen molar-refractivity contribution in [1.29, 1.82) is 0 Å². The Morgan fingerprint density at radius 3 is 2.86 bits per heavy atom. The minimum absolute atomic E-state index is 0.265. The topological polar surface area (TPSA) is 38.5 Å². The number of likely N-dealkylation sites (tertiary alicyclic amines) is 1. The third kappa shape index (κ3) is 3.56. The third-order valence-corrected chi connectivity index (χ3v) is 3.19. The van der Waals surface area contributed by atoms with Crippen LogP contribution in [-0.2, 0) is 4.74 Å². The van der Waals surface area contributed by atoms with Crippen LogP contribution in [0.25, 0.3) is 0 Å². The van der Waals surface area contributed by atoms with Crippen molar-refractivity contribution in [2.45, 2.75) is 44.8 Å². The van der Waals surface area contributed by atoms with Crippen molar-refractivity contribution in [1.82, 2.24) is 4.90 Å². The molecule has 0 aromatic carbocycles. The van der Waals surface area contributed by atoms with Gasteiger partial charge in [-0.05, 0) is 39.3 Å². The average molecular weight is 200 g/mol. The first kappa shape index (κ1) is 12.0. The molecule has 0 amide bonds. The summed E-state index contributed by atoms with van der Waals surface area (Å²) < 4.78 is 5.70. The van der Waals surface area contributed by atoms with Gasteiger partial charge in [-0.15, -0.1) is 0 Å². The second-order valence-electron chi connectivity index (χ2n) is 4.20. The van der Waals surface area contributed by atoms with Gasteiger partial charge in [0.1, 0.15) is 0 Å². The van der Waals surface area contributed by atoms with Crippen LogP contribution in [0, 0.1) is 0 Å². The Bertz CT molecular complexity index is 148. The van der Waals surface area contributed by atoms with Crippen LogP contribution in [0.4, 0.5) is 0 Å². The molecule has 3 nitrogen and oxygen atoms in total. The van der Waals surface area contributed by atoms with E-state index in [2.05, 4.69) is 18.9 Å². The Labute approximate surface area is 87.6 Å². The van der Waals surface area contributed by atoms with E-state index in [0.29, 0.717) is 6.54 Å². The zero-order valence-electron chi connectivity index (χ0n) is 9.54. The van der Waals surface area contributed by atoms with Gasteiger partial charge in [0, 0.05) is 19.2 Å². The minimum atomic E-state index is 0.265. The molecule has 0 radical (unpaired) electrons.